The van der Waals surface area contributed by atoms with Crippen LogP contribution in [0.3, 0.4) is 0 Å². The van der Waals surface area contributed by atoms with Gasteiger partial charge in [-0.05, 0) is 17.5 Å². The summed E-state index contributed by atoms with van der Waals surface area (Å²) < 4.78 is 18.7. The first-order valence-corrected chi connectivity index (χ1v) is 12.3. The molecule has 27 heavy (non-hydrogen) atoms. The summed E-state index contributed by atoms with van der Waals surface area (Å²) in [7, 11) is 4.56. The van der Waals surface area contributed by atoms with Gasteiger partial charge < -0.3 is 19.0 Å². The maximum atomic E-state index is 13.2. The summed E-state index contributed by atoms with van der Waals surface area (Å²) in [5, 5.41) is 3.42. The molecular weight excluding hydrogens is 383 g/mol. The van der Waals surface area contributed by atoms with Crippen LogP contribution >= 0.6 is 17.7 Å². The summed E-state index contributed by atoms with van der Waals surface area (Å²) in [6.45, 7) is 7.62. The highest BCUT2D eigenvalue weighted by Gasteiger charge is 2.33. The zero-order valence-electron chi connectivity index (χ0n) is 16.7. The second kappa shape index (κ2) is 11.2. The van der Waals surface area contributed by atoms with Crippen molar-refractivity contribution in [2.45, 2.75) is 25.5 Å². The molecule has 0 radical (unpaired) electrons. The average molecular weight is 412 g/mol. The van der Waals surface area contributed by atoms with Gasteiger partial charge in [-0.1, -0.05) is 60.7 Å². The van der Waals surface area contributed by atoms with Crippen LogP contribution in [0, 0.1) is 0 Å². The van der Waals surface area contributed by atoms with E-state index in [1.807, 2.05) is 38.1 Å². The van der Waals surface area contributed by atoms with Gasteiger partial charge in [-0.2, -0.15) is 0 Å². The molecule has 150 valence electrons. The zero-order valence-corrected chi connectivity index (χ0v) is 18.4. The maximum Gasteiger partial charge on any atom is 0.415 e. The highest BCUT2D eigenvalue weighted by Crippen LogP contribution is 2.64. The largest absolute Gasteiger partial charge is 0.415 e. The topological polar surface area (TPSA) is 68.2 Å². The molecule has 1 amide bonds. The van der Waals surface area contributed by atoms with Crippen molar-refractivity contribution < 1.29 is 18.9 Å². The SMILES string of the molecule is C=CCc1ccccc1C(SP(=O)(CC)CC)C(=NOC)OC(=O)N(C)C. The van der Waals surface area contributed by atoms with E-state index in [2.05, 4.69) is 11.7 Å². The summed E-state index contributed by atoms with van der Waals surface area (Å²) in [4.78, 5) is 18.4. The third kappa shape index (κ3) is 6.74. The Bertz CT molecular complexity index is 713. The van der Waals surface area contributed by atoms with E-state index in [-0.39, 0.29) is 5.90 Å². The smallest absolute Gasteiger partial charge is 0.396 e. The molecule has 0 fully saturated rings. The first-order chi connectivity index (χ1) is 12.8. The number of allylic oxidation sites excluding steroid dienone is 1. The Morgan fingerprint density at radius 3 is 2.48 bits per heavy atom. The minimum absolute atomic E-state index is 0.0832. The van der Waals surface area contributed by atoms with Crippen LogP contribution in [-0.2, 0) is 20.6 Å². The third-order valence-corrected chi connectivity index (χ3v) is 10.2. The minimum atomic E-state index is -2.54. The van der Waals surface area contributed by atoms with E-state index in [4.69, 9.17) is 9.57 Å². The molecule has 6 nitrogen and oxygen atoms in total. The Morgan fingerprint density at radius 1 is 1.33 bits per heavy atom. The summed E-state index contributed by atoms with van der Waals surface area (Å²) in [5.41, 5.74) is 1.89. The number of carbonyl (C=O) groups excluding carboxylic acids is 1. The lowest BCUT2D eigenvalue weighted by Gasteiger charge is -2.25. The number of amides is 1. The predicted molar refractivity (Wildman–Crippen MR) is 114 cm³/mol. The Balaban J connectivity index is 3.48. The Kier molecular flexibility index (Phi) is 9.67. The van der Waals surface area contributed by atoms with E-state index in [1.165, 1.54) is 23.4 Å². The van der Waals surface area contributed by atoms with Gasteiger partial charge in [0.1, 0.15) is 18.7 Å². The molecular formula is C19H29N2O4PS. The third-order valence-electron chi connectivity index (χ3n) is 3.93. The molecule has 0 spiro atoms. The van der Waals surface area contributed by atoms with Gasteiger partial charge in [-0.3, -0.25) is 0 Å². The number of ether oxygens (including phenoxy) is 1. The first-order valence-electron chi connectivity index (χ1n) is 8.77. The van der Waals surface area contributed by atoms with Crippen molar-refractivity contribution in [3.63, 3.8) is 0 Å². The number of oxime groups is 1. The average Bonchev–Trinajstić information content (AvgIpc) is 2.66. The van der Waals surface area contributed by atoms with E-state index >= 15 is 0 Å². The Labute approximate surface area is 166 Å². The van der Waals surface area contributed by atoms with E-state index in [1.54, 1.807) is 20.2 Å². The predicted octanol–water partition coefficient (Wildman–Crippen LogP) is 5.17. The molecule has 1 aromatic carbocycles. The van der Waals surface area contributed by atoms with Crippen LogP contribution < -0.4 is 0 Å². The molecule has 1 rings (SSSR count). The quantitative estimate of drug-likeness (QED) is 0.184. The lowest BCUT2D eigenvalue weighted by atomic mass is 10.0. The van der Waals surface area contributed by atoms with Gasteiger partial charge in [-0.15, -0.1) is 6.58 Å². The Hall–Kier alpha value is -1.72. The molecule has 0 aliphatic carbocycles. The van der Waals surface area contributed by atoms with Crippen LogP contribution in [0.5, 0.6) is 0 Å². The molecule has 8 heteroatoms. The number of nitrogens with zero attached hydrogens (tertiary/aromatic N) is 2. The molecule has 0 saturated heterocycles. The summed E-state index contributed by atoms with van der Waals surface area (Å²) in [6, 6.07) is 7.74. The molecule has 0 aliphatic rings. The molecule has 1 aromatic rings. The van der Waals surface area contributed by atoms with Gasteiger partial charge in [0.15, 0.2) is 0 Å². The van der Waals surface area contributed by atoms with E-state index in [0.717, 1.165) is 11.1 Å². The molecule has 1 atom stereocenters. The number of rotatable bonds is 9. The standard InChI is InChI=1S/C19H29N2O4PS/c1-7-12-15-13-10-11-14-16(15)17(27-26(23,8-2)9-3)18(20-24-6)25-19(22)21(4)5/h7,10-11,13-14,17H,1,8-9,12H2,2-6H3. The van der Waals surface area contributed by atoms with E-state index in [0.29, 0.717) is 18.7 Å². The maximum absolute atomic E-state index is 13.2. The van der Waals surface area contributed by atoms with Gasteiger partial charge >= 0.3 is 6.09 Å². The zero-order chi connectivity index (χ0) is 20.4. The van der Waals surface area contributed by atoms with Crippen LogP contribution in [0.25, 0.3) is 0 Å². The summed E-state index contributed by atoms with van der Waals surface area (Å²) in [6.07, 6.45) is 0.411. The van der Waals surface area contributed by atoms with Crippen LogP contribution in [0.2, 0.25) is 0 Å². The molecule has 0 N–H and O–H groups in total. The minimum Gasteiger partial charge on any atom is -0.396 e. The van der Waals surface area contributed by atoms with Gasteiger partial charge in [0.25, 0.3) is 5.90 Å². The van der Waals surface area contributed by atoms with Crippen molar-refractivity contribution >= 4 is 29.7 Å². The van der Waals surface area contributed by atoms with Crippen molar-refractivity contribution in [3.05, 3.63) is 48.0 Å². The second-order valence-electron chi connectivity index (χ2n) is 6.00. The molecule has 0 saturated carbocycles. The highest BCUT2D eigenvalue weighted by atomic mass is 32.7. The number of hydrogen-bond donors (Lipinski definition) is 0. The van der Waals surface area contributed by atoms with Gasteiger partial charge in [-0.25, -0.2) is 4.79 Å². The van der Waals surface area contributed by atoms with Crippen molar-refractivity contribution in [1.29, 1.82) is 0 Å². The lowest BCUT2D eigenvalue weighted by Crippen LogP contribution is -2.28. The van der Waals surface area contributed by atoms with Crippen molar-refractivity contribution in [1.82, 2.24) is 4.90 Å². The molecule has 0 aliphatic heterocycles. The van der Waals surface area contributed by atoms with Gasteiger partial charge in [0.2, 0.25) is 0 Å². The molecule has 0 heterocycles. The van der Waals surface area contributed by atoms with Crippen molar-refractivity contribution in [2.75, 3.05) is 33.5 Å². The molecule has 0 bridgehead atoms. The van der Waals surface area contributed by atoms with Crippen LogP contribution in [0.4, 0.5) is 4.79 Å². The van der Waals surface area contributed by atoms with Crippen LogP contribution in [-0.4, -0.2) is 50.4 Å². The van der Waals surface area contributed by atoms with E-state index < -0.39 is 17.7 Å². The Morgan fingerprint density at radius 2 is 1.96 bits per heavy atom. The van der Waals surface area contributed by atoms with Crippen molar-refractivity contribution in [2.24, 2.45) is 5.16 Å². The normalized spacial score (nSPS) is 13.0. The van der Waals surface area contributed by atoms with Gasteiger partial charge in [0.05, 0.1) is 0 Å². The number of benzene rings is 1. The molecule has 0 aromatic heterocycles. The summed E-state index contributed by atoms with van der Waals surface area (Å²) in [5.74, 6) is 0.0832. The van der Waals surface area contributed by atoms with Crippen LogP contribution in [0.15, 0.2) is 42.1 Å². The van der Waals surface area contributed by atoms with Gasteiger partial charge in [0, 0.05) is 26.4 Å². The van der Waals surface area contributed by atoms with Crippen LogP contribution in [0.1, 0.15) is 30.2 Å². The first kappa shape index (κ1) is 23.3. The fourth-order valence-corrected chi connectivity index (χ4v) is 6.63. The highest BCUT2D eigenvalue weighted by molar-refractivity contribution is 8.58. The lowest BCUT2D eigenvalue weighted by molar-refractivity contribution is 0.156. The molecule has 1 unspecified atom stereocenters. The monoisotopic (exact) mass is 412 g/mol. The fraction of sp³-hybridized carbons (Fsp3) is 0.474. The fourth-order valence-electron chi connectivity index (χ4n) is 2.32. The van der Waals surface area contributed by atoms with E-state index in [9.17, 15) is 9.36 Å². The van der Waals surface area contributed by atoms with Crippen molar-refractivity contribution in [3.8, 4) is 0 Å². The second-order valence-corrected chi connectivity index (χ2v) is 12.2. The number of hydrogen-bond acceptors (Lipinski definition) is 6. The summed E-state index contributed by atoms with van der Waals surface area (Å²) >= 11 is 1.30. The number of carbonyl (C=O) groups is 1.